The molecule has 1 saturated heterocycles. The first-order valence-corrected chi connectivity index (χ1v) is 10.5. The van der Waals surface area contributed by atoms with Crippen LogP contribution in [0.1, 0.15) is 30.9 Å². The van der Waals surface area contributed by atoms with Gasteiger partial charge >= 0.3 is 5.97 Å². The van der Waals surface area contributed by atoms with Crippen molar-refractivity contribution in [1.82, 2.24) is 10.6 Å². The van der Waals surface area contributed by atoms with Crippen LogP contribution in [0.25, 0.3) is 0 Å². The number of benzene rings is 1. The lowest BCUT2D eigenvalue weighted by atomic mass is 9.92. The largest absolute Gasteiger partial charge is 0.468 e. The maximum Gasteiger partial charge on any atom is 0.320 e. The average molecular weight is 382 g/mol. The van der Waals surface area contributed by atoms with Crippen molar-refractivity contribution in [1.29, 1.82) is 0 Å². The second kappa shape index (κ2) is 9.14. The average Bonchev–Trinajstić information content (AvgIpc) is 2.60. The molecule has 1 heterocycles. The van der Waals surface area contributed by atoms with Gasteiger partial charge < -0.3 is 15.4 Å². The van der Waals surface area contributed by atoms with Crippen molar-refractivity contribution in [2.24, 2.45) is 5.92 Å². The van der Waals surface area contributed by atoms with Gasteiger partial charge in [0.1, 0.15) is 5.75 Å². The summed E-state index contributed by atoms with van der Waals surface area (Å²) < 4.78 is 28.2. The number of hydrogen-bond acceptors (Lipinski definition) is 6. The summed E-state index contributed by atoms with van der Waals surface area (Å²) in [4.78, 5) is 23.4. The monoisotopic (exact) mass is 382 g/mol. The summed E-state index contributed by atoms with van der Waals surface area (Å²) in [6.07, 6.45) is 1.68. The van der Waals surface area contributed by atoms with Gasteiger partial charge in [0.15, 0.2) is 9.84 Å². The summed E-state index contributed by atoms with van der Waals surface area (Å²) in [5, 5.41) is 6.27. The Kier molecular flexibility index (Phi) is 7.16. The molecule has 0 spiro atoms. The molecule has 0 unspecified atom stereocenters. The Morgan fingerprint density at radius 2 is 1.88 bits per heavy atom. The van der Waals surface area contributed by atoms with Crippen LogP contribution < -0.4 is 10.6 Å². The maximum absolute atomic E-state index is 12.2. The quantitative estimate of drug-likeness (QED) is 0.676. The van der Waals surface area contributed by atoms with Crippen LogP contribution in [-0.4, -0.2) is 45.7 Å². The number of rotatable bonds is 7. The molecule has 1 aromatic carbocycles. The van der Waals surface area contributed by atoms with Gasteiger partial charge in [-0.3, -0.25) is 9.59 Å². The van der Waals surface area contributed by atoms with Crippen LogP contribution in [0, 0.1) is 5.92 Å². The van der Waals surface area contributed by atoms with Gasteiger partial charge in [0.2, 0.25) is 5.91 Å². The standard InChI is InChI=1S/C18H26N2O5S/c1-13-9-16(7-8-19-13)18(22)20-10-14-3-5-15(6-4-14)11-26(23,24)12-17(21)25-2/h3-6,13,16,19H,7-12H2,1-2H3,(H,20,22)/t13-,16-/m0/s1. The molecule has 8 heteroatoms. The second-order valence-corrected chi connectivity index (χ2v) is 8.78. The van der Waals surface area contributed by atoms with E-state index in [-0.39, 0.29) is 17.6 Å². The van der Waals surface area contributed by atoms with Gasteiger partial charge in [0, 0.05) is 18.5 Å². The fraction of sp³-hybridized carbons (Fsp3) is 0.556. The molecule has 0 saturated carbocycles. The maximum atomic E-state index is 12.2. The highest BCUT2D eigenvalue weighted by Gasteiger charge is 2.24. The Balaban J connectivity index is 1.85. The van der Waals surface area contributed by atoms with Crippen molar-refractivity contribution in [3.8, 4) is 0 Å². The van der Waals surface area contributed by atoms with Crippen molar-refractivity contribution in [3.63, 3.8) is 0 Å². The lowest BCUT2D eigenvalue weighted by Crippen LogP contribution is -2.42. The molecule has 2 N–H and O–H groups in total. The normalized spacial score (nSPS) is 20.4. The molecule has 1 fully saturated rings. The van der Waals surface area contributed by atoms with Crippen molar-refractivity contribution in [3.05, 3.63) is 35.4 Å². The summed E-state index contributed by atoms with van der Waals surface area (Å²) in [6, 6.07) is 7.32. The van der Waals surface area contributed by atoms with E-state index >= 15 is 0 Å². The lowest BCUT2D eigenvalue weighted by Gasteiger charge is -2.27. The molecule has 1 amide bonds. The Hall–Kier alpha value is -1.93. The minimum absolute atomic E-state index is 0.0361. The van der Waals surface area contributed by atoms with E-state index in [1.807, 2.05) is 0 Å². The zero-order valence-corrected chi connectivity index (χ0v) is 16.0. The van der Waals surface area contributed by atoms with E-state index in [9.17, 15) is 18.0 Å². The number of carbonyl (C=O) groups excluding carboxylic acids is 2. The first-order valence-electron chi connectivity index (χ1n) is 8.65. The van der Waals surface area contributed by atoms with Gasteiger partial charge in [-0.1, -0.05) is 24.3 Å². The summed E-state index contributed by atoms with van der Waals surface area (Å²) in [5.74, 6) is -1.52. The third-order valence-corrected chi connectivity index (χ3v) is 5.88. The number of esters is 1. The summed E-state index contributed by atoms with van der Waals surface area (Å²) in [6.45, 7) is 3.34. The molecule has 0 bridgehead atoms. The first-order chi connectivity index (χ1) is 12.3. The number of carbonyl (C=O) groups is 2. The molecule has 1 aromatic rings. The van der Waals surface area contributed by atoms with Crippen molar-refractivity contribution in [2.75, 3.05) is 19.4 Å². The van der Waals surface area contributed by atoms with Crippen LogP contribution in [0.5, 0.6) is 0 Å². The molecule has 26 heavy (non-hydrogen) atoms. The predicted molar refractivity (Wildman–Crippen MR) is 98.0 cm³/mol. The smallest absolute Gasteiger partial charge is 0.320 e. The highest BCUT2D eigenvalue weighted by molar-refractivity contribution is 7.91. The van der Waals surface area contributed by atoms with E-state index in [1.165, 1.54) is 0 Å². The van der Waals surface area contributed by atoms with Crippen LogP contribution in [0.4, 0.5) is 0 Å². The molecular weight excluding hydrogens is 356 g/mol. The van der Waals surface area contributed by atoms with E-state index in [0.717, 1.165) is 32.1 Å². The van der Waals surface area contributed by atoms with Crippen LogP contribution in [0.15, 0.2) is 24.3 Å². The molecule has 2 rings (SSSR count). The minimum atomic E-state index is -3.55. The number of nitrogens with one attached hydrogen (secondary N) is 2. The highest BCUT2D eigenvalue weighted by Crippen LogP contribution is 2.16. The van der Waals surface area contributed by atoms with Crippen LogP contribution >= 0.6 is 0 Å². The van der Waals surface area contributed by atoms with Gasteiger partial charge in [-0.25, -0.2) is 8.42 Å². The third kappa shape index (κ3) is 6.42. The number of piperidine rings is 1. The summed E-state index contributed by atoms with van der Waals surface area (Å²) in [7, 11) is -2.40. The van der Waals surface area contributed by atoms with Crippen molar-refractivity contribution in [2.45, 2.75) is 38.1 Å². The van der Waals surface area contributed by atoms with Crippen LogP contribution in [0.3, 0.4) is 0 Å². The third-order valence-electron chi connectivity index (χ3n) is 4.44. The topological polar surface area (TPSA) is 102 Å². The summed E-state index contributed by atoms with van der Waals surface area (Å²) >= 11 is 0. The van der Waals surface area contributed by atoms with Crippen LogP contribution in [0.2, 0.25) is 0 Å². The number of amides is 1. The Labute approximate surface area is 154 Å². The van der Waals surface area contributed by atoms with Gasteiger partial charge in [0.05, 0.1) is 12.9 Å². The fourth-order valence-corrected chi connectivity index (χ4v) is 4.28. The van der Waals surface area contributed by atoms with Gasteiger partial charge in [-0.2, -0.15) is 0 Å². The number of hydrogen-bond donors (Lipinski definition) is 2. The fourth-order valence-electron chi connectivity index (χ4n) is 3.00. The zero-order chi connectivity index (χ0) is 19.2. The SMILES string of the molecule is COC(=O)CS(=O)(=O)Cc1ccc(CNC(=O)[C@H]2CCN[C@@H](C)C2)cc1. The molecule has 7 nitrogen and oxygen atoms in total. The lowest BCUT2D eigenvalue weighted by molar-refractivity contribution is -0.137. The van der Waals surface area contributed by atoms with E-state index in [2.05, 4.69) is 22.3 Å². The van der Waals surface area contributed by atoms with Gasteiger partial charge in [0.25, 0.3) is 0 Å². The van der Waals surface area contributed by atoms with Gasteiger partial charge in [-0.05, 0) is 37.4 Å². The molecule has 0 aromatic heterocycles. The Bertz CT molecular complexity index is 730. The number of sulfone groups is 1. The first kappa shape index (κ1) is 20.4. The number of ether oxygens (including phenoxy) is 1. The molecule has 0 radical (unpaired) electrons. The predicted octanol–water partition coefficient (Wildman–Crippen LogP) is 0.779. The second-order valence-electron chi connectivity index (χ2n) is 6.72. The Morgan fingerprint density at radius 1 is 1.23 bits per heavy atom. The molecule has 2 atom stereocenters. The van der Waals surface area contributed by atoms with Gasteiger partial charge in [-0.15, -0.1) is 0 Å². The summed E-state index contributed by atoms with van der Waals surface area (Å²) in [5.41, 5.74) is 1.49. The molecule has 144 valence electrons. The Morgan fingerprint density at radius 3 is 2.50 bits per heavy atom. The van der Waals surface area contributed by atoms with E-state index < -0.39 is 21.6 Å². The zero-order valence-electron chi connectivity index (χ0n) is 15.2. The highest BCUT2D eigenvalue weighted by atomic mass is 32.2. The molecule has 1 aliphatic heterocycles. The van der Waals surface area contributed by atoms with E-state index in [4.69, 9.17) is 0 Å². The minimum Gasteiger partial charge on any atom is -0.468 e. The number of methoxy groups -OCH3 is 1. The van der Waals surface area contributed by atoms with Crippen molar-refractivity contribution >= 4 is 21.7 Å². The van der Waals surface area contributed by atoms with E-state index in [1.54, 1.807) is 24.3 Å². The van der Waals surface area contributed by atoms with Crippen LogP contribution in [-0.2, 0) is 36.5 Å². The molecule has 1 aliphatic rings. The van der Waals surface area contributed by atoms with E-state index in [0.29, 0.717) is 18.2 Å². The molecule has 0 aliphatic carbocycles. The molecular formula is C18H26N2O5S. The van der Waals surface area contributed by atoms with Crippen molar-refractivity contribution < 1.29 is 22.7 Å².